The number of hydrogen-bond donors (Lipinski definition) is 1. The van der Waals surface area contributed by atoms with Gasteiger partial charge in [0.25, 0.3) is 0 Å². The van der Waals surface area contributed by atoms with Crippen LogP contribution < -0.4 is 0 Å². The zero-order valence-electron chi connectivity index (χ0n) is 12.5. The quantitative estimate of drug-likeness (QED) is 0.894. The minimum atomic E-state index is -1.10. The Balaban J connectivity index is 1.90. The first kappa shape index (κ1) is 13.6. The lowest BCUT2D eigenvalue weighted by Crippen LogP contribution is -2.45. The van der Waals surface area contributed by atoms with Gasteiger partial charge in [0.1, 0.15) is 5.67 Å². The summed E-state index contributed by atoms with van der Waals surface area (Å²) in [5.74, 6) is 0. The second-order valence-corrected chi connectivity index (χ2v) is 6.35. The largest absolute Gasteiger partial charge is 0.357 e. The third-order valence-electron chi connectivity index (χ3n) is 4.66. The molecule has 2 atom stereocenters. The molecule has 3 heteroatoms. The molecule has 0 bridgehead atoms. The maximum atomic E-state index is 14.3. The van der Waals surface area contributed by atoms with Crippen molar-refractivity contribution in [2.45, 2.75) is 51.9 Å². The summed E-state index contributed by atoms with van der Waals surface area (Å²) in [5, 5.41) is 1.33. The molecule has 0 unspecified atom stereocenters. The SMILES string of the molecule is CC[C@](C)(F)CN1Cc2[nH]c3ccccc3c2C[C@H]1C. The number of aromatic nitrogens is 1. The van der Waals surface area contributed by atoms with Crippen molar-refractivity contribution in [2.75, 3.05) is 6.54 Å². The molecule has 0 aliphatic carbocycles. The Labute approximate surface area is 120 Å². The summed E-state index contributed by atoms with van der Waals surface area (Å²) in [5.41, 5.74) is 2.78. The monoisotopic (exact) mass is 274 g/mol. The third-order valence-corrected chi connectivity index (χ3v) is 4.66. The molecule has 1 aromatic heterocycles. The molecule has 108 valence electrons. The molecule has 2 nitrogen and oxygen atoms in total. The molecule has 1 aliphatic rings. The predicted molar refractivity (Wildman–Crippen MR) is 81.7 cm³/mol. The van der Waals surface area contributed by atoms with E-state index >= 15 is 0 Å². The van der Waals surface area contributed by atoms with Gasteiger partial charge in [0, 0.05) is 35.7 Å². The van der Waals surface area contributed by atoms with Gasteiger partial charge in [-0.2, -0.15) is 0 Å². The lowest BCUT2D eigenvalue weighted by Gasteiger charge is -2.37. The molecule has 2 aromatic rings. The number of hydrogen-bond acceptors (Lipinski definition) is 1. The van der Waals surface area contributed by atoms with Gasteiger partial charge in [0.05, 0.1) is 0 Å². The summed E-state index contributed by atoms with van der Waals surface area (Å²) >= 11 is 0. The van der Waals surface area contributed by atoms with Crippen molar-refractivity contribution in [1.29, 1.82) is 0 Å². The first-order chi connectivity index (χ1) is 9.50. The highest BCUT2D eigenvalue weighted by atomic mass is 19.1. The van der Waals surface area contributed by atoms with Gasteiger partial charge in [-0.1, -0.05) is 25.1 Å². The zero-order valence-corrected chi connectivity index (χ0v) is 12.5. The molecule has 0 fully saturated rings. The van der Waals surface area contributed by atoms with Gasteiger partial charge in [-0.15, -0.1) is 0 Å². The van der Waals surface area contributed by atoms with Gasteiger partial charge in [-0.25, -0.2) is 4.39 Å². The van der Waals surface area contributed by atoms with Gasteiger partial charge < -0.3 is 4.98 Å². The normalized spacial score (nSPS) is 22.7. The lowest BCUT2D eigenvalue weighted by atomic mass is 9.95. The Kier molecular flexibility index (Phi) is 3.33. The molecule has 3 rings (SSSR count). The Bertz CT molecular complexity index is 614. The minimum absolute atomic E-state index is 0.392. The van der Waals surface area contributed by atoms with Crippen LogP contribution in [0.25, 0.3) is 10.9 Å². The van der Waals surface area contributed by atoms with E-state index in [2.05, 4.69) is 41.1 Å². The average molecular weight is 274 g/mol. The molecule has 0 saturated carbocycles. The summed E-state index contributed by atoms with van der Waals surface area (Å²) in [7, 11) is 0. The van der Waals surface area contributed by atoms with Crippen LogP contribution in [0.4, 0.5) is 4.39 Å². The fourth-order valence-electron chi connectivity index (χ4n) is 3.15. The summed E-state index contributed by atoms with van der Waals surface area (Å²) in [6.45, 7) is 7.17. The number of fused-ring (bicyclic) bond motifs is 3. The highest BCUT2D eigenvalue weighted by molar-refractivity contribution is 5.84. The second kappa shape index (κ2) is 4.88. The number of alkyl halides is 1. The second-order valence-electron chi connectivity index (χ2n) is 6.35. The smallest absolute Gasteiger partial charge is 0.120 e. The van der Waals surface area contributed by atoms with Crippen molar-refractivity contribution in [3.63, 3.8) is 0 Å². The molecular weight excluding hydrogens is 251 g/mol. The van der Waals surface area contributed by atoms with Crippen molar-refractivity contribution in [3.8, 4) is 0 Å². The molecule has 2 heterocycles. The van der Waals surface area contributed by atoms with Crippen LogP contribution in [0.1, 0.15) is 38.4 Å². The summed E-state index contributed by atoms with van der Waals surface area (Å²) in [6.07, 6.45) is 1.56. The maximum Gasteiger partial charge on any atom is 0.120 e. The van der Waals surface area contributed by atoms with Crippen molar-refractivity contribution >= 4 is 10.9 Å². The fourth-order valence-corrected chi connectivity index (χ4v) is 3.15. The van der Waals surface area contributed by atoms with Crippen molar-refractivity contribution < 1.29 is 4.39 Å². The Morgan fingerprint density at radius 3 is 2.90 bits per heavy atom. The molecule has 1 N–H and O–H groups in total. The summed E-state index contributed by atoms with van der Waals surface area (Å²) < 4.78 is 14.3. The Hall–Kier alpha value is -1.35. The van der Waals surface area contributed by atoms with Crippen LogP contribution in [-0.2, 0) is 13.0 Å². The van der Waals surface area contributed by atoms with Crippen LogP contribution in [0.5, 0.6) is 0 Å². The highest BCUT2D eigenvalue weighted by Gasteiger charge is 2.31. The van der Waals surface area contributed by atoms with Crippen LogP contribution in [0, 0.1) is 0 Å². The third kappa shape index (κ3) is 2.35. The fraction of sp³-hybridized carbons (Fsp3) is 0.529. The van der Waals surface area contributed by atoms with Gasteiger partial charge in [-0.05, 0) is 38.3 Å². The molecule has 1 aromatic carbocycles. The van der Waals surface area contributed by atoms with E-state index in [4.69, 9.17) is 0 Å². The number of benzene rings is 1. The van der Waals surface area contributed by atoms with E-state index in [0.29, 0.717) is 19.0 Å². The first-order valence-electron chi connectivity index (χ1n) is 7.51. The van der Waals surface area contributed by atoms with Gasteiger partial charge in [-0.3, -0.25) is 4.90 Å². The molecular formula is C17H23FN2. The van der Waals surface area contributed by atoms with Crippen LogP contribution in [0.2, 0.25) is 0 Å². The van der Waals surface area contributed by atoms with Crippen LogP contribution in [0.3, 0.4) is 0 Å². The number of rotatable bonds is 3. The van der Waals surface area contributed by atoms with E-state index in [0.717, 1.165) is 13.0 Å². The first-order valence-corrected chi connectivity index (χ1v) is 7.51. The van der Waals surface area contributed by atoms with E-state index < -0.39 is 5.67 Å². The number of aromatic amines is 1. The Morgan fingerprint density at radius 2 is 2.15 bits per heavy atom. The van der Waals surface area contributed by atoms with E-state index in [1.807, 2.05) is 6.92 Å². The zero-order chi connectivity index (χ0) is 14.3. The molecule has 0 amide bonds. The van der Waals surface area contributed by atoms with E-state index in [9.17, 15) is 4.39 Å². The summed E-state index contributed by atoms with van der Waals surface area (Å²) in [4.78, 5) is 5.77. The topological polar surface area (TPSA) is 19.0 Å². The number of nitrogens with zero attached hydrogens (tertiary/aromatic N) is 1. The molecule has 20 heavy (non-hydrogen) atoms. The number of para-hydroxylation sites is 1. The van der Waals surface area contributed by atoms with Gasteiger partial charge in [0.15, 0.2) is 0 Å². The van der Waals surface area contributed by atoms with Crippen LogP contribution in [-0.4, -0.2) is 28.1 Å². The molecule has 1 aliphatic heterocycles. The van der Waals surface area contributed by atoms with E-state index in [-0.39, 0.29) is 0 Å². The molecule has 0 radical (unpaired) electrons. The number of nitrogens with one attached hydrogen (secondary N) is 1. The van der Waals surface area contributed by atoms with E-state index in [1.54, 1.807) is 6.92 Å². The predicted octanol–water partition coefficient (Wildman–Crippen LogP) is 4.05. The number of halogens is 1. The van der Waals surface area contributed by atoms with E-state index in [1.165, 1.54) is 22.2 Å². The van der Waals surface area contributed by atoms with Gasteiger partial charge >= 0.3 is 0 Å². The maximum absolute atomic E-state index is 14.3. The Morgan fingerprint density at radius 1 is 1.40 bits per heavy atom. The minimum Gasteiger partial charge on any atom is -0.357 e. The van der Waals surface area contributed by atoms with Crippen molar-refractivity contribution in [3.05, 3.63) is 35.5 Å². The van der Waals surface area contributed by atoms with Crippen LogP contribution >= 0.6 is 0 Å². The van der Waals surface area contributed by atoms with Gasteiger partial charge in [0.2, 0.25) is 0 Å². The van der Waals surface area contributed by atoms with Crippen molar-refractivity contribution in [2.24, 2.45) is 0 Å². The highest BCUT2D eigenvalue weighted by Crippen LogP contribution is 2.31. The van der Waals surface area contributed by atoms with Crippen LogP contribution in [0.15, 0.2) is 24.3 Å². The molecule has 0 spiro atoms. The van der Waals surface area contributed by atoms with Crippen molar-refractivity contribution in [1.82, 2.24) is 9.88 Å². The standard InChI is InChI=1S/C17H23FN2/c1-4-17(3,18)11-20-10-16-14(9-12(20)2)13-7-5-6-8-15(13)19-16/h5-8,12,19H,4,9-11H2,1-3H3/t12-,17+/m1/s1. The molecule has 0 saturated heterocycles. The average Bonchev–Trinajstić information content (AvgIpc) is 2.77. The summed E-state index contributed by atoms with van der Waals surface area (Å²) in [6, 6.07) is 8.83. The number of H-pyrrole nitrogens is 1. The lowest BCUT2D eigenvalue weighted by molar-refractivity contribution is 0.0701.